The van der Waals surface area contributed by atoms with E-state index in [1.807, 2.05) is 30.3 Å². The second-order valence-corrected chi connectivity index (χ2v) is 9.43. The van der Waals surface area contributed by atoms with Crippen LogP contribution in [0.4, 0.5) is 4.79 Å². The van der Waals surface area contributed by atoms with Crippen molar-refractivity contribution >= 4 is 35.3 Å². The van der Waals surface area contributed by atoms with Crippen molar-refractivity contribution in [2.75, 3.05) is 6.61 Å². The second-order valence-electron chi connectivity index (χ2n) is 9.02. The van der Waals surface area contributed by atoms with Gasteiger partial charge in [0.2, 0.25) is 0 Å². The van der Waals surface area contributed by atoms with Crippen molar-refractivity contribution in [3.8, 4) is 16.9 Å². The van der Waals surface area contributed by atoms with E-state index < -0.39 is 18.1 Å². The van der Waals surface area contributed by atoms with Crippen LogP contribution in [0.25, 0.3) is 22.2 Å². The highest BCUT2D eigenvalue weighted by atomic mass is 32.1. The predicted molar refractivity (Wildman–Crippen MR) is 147 cm³/mol. The van der Waals surface area contributed by atoms with Gasteiger partial charge < -0.3 is 24.8 Å². The standard InChI is InChI=1S/C30H23N3O4S/c34-28(37-19-14-15-25-26(16-19)32-29(38)31-25)27(18-8-2-1-3-9-18)33-30(35)36-17-24-22-12-6-4-10-20(22)21-11-5-7-13-23(21)24/h1-16,24,27H,17H2,(H,33,35)(H2,31,32,38). The molecule has 1 aliphatic rings. The molecule has 3 N–H and O–H groups in total. The Morgan fingerprint density at radius 2 is 1.45 bits per heavy atom. The number of aromatic nitrogens is 2. The average molecular weight is 522 g/mol. The Balaban J connectivity index is 1.19. The first-order valence-corrected chi connectivity index (χ1v) is 12.6. The molecule has 8 heteroatoms. The topological polar surface area (TPSA) is 96.2 Å². The number of benzene rings is 4. The molecule has 1 unspecified atom stereocenters. The second kappa shape index (κ2) is 9.99. The summed E-state index contributed by atoms with van der Waals surface area (Å²) in [6, 6.07) is 29.2. The van der Waals surface area contributed by atoms with Crippen molar-refractivity contribution in [3.05, 3.63) is 119 Å². The predicted octanol–water partition coefficient (Wildman–Crippen LogP) is 6.41. The van der Waals surface area contributed by atoms with Crippen LogP contribution in [-0.4, -0.2) is 28.6 Å². The Morgan fingerprint density at radius 1 is 0.816 bits per heavy atom. The normalized spacial score (nSPS) is 12.9. The summed E-state index contributed by atoms with van der Waals surface area (Å²) < 4.78 is 11.8. The zero-order valence-electron chi connectivity index (χ0n) is 20.1. The molecule has 6 rings (SSSR count). The maximum Gasteiger partial charge on any atom is 0.408 e. The molecule has 0 bridgehead atoms. The number of H-pyrrole nitrogens is 2. The zero-order valence-corrected chi connectivity index (χ0v) is 21.0. The lowest BCUT2D eigenvalue weighted by atomic mass is 9.98. The SMILES string of the molecule is O=C(NC(C(=O)Oc1ccc2[nH]c(=S)[nH]c2c1)c1ccccc1)OCC1c2ccccc2-c2ccccc21. The van der Waals surface area contributed by atoms with Gasteiger partial charge in [-0.25, -0.2) is 9.59 Å². The number of rotatable bonds is 6. The minimum absolute atomic E-state index is 0.0890. The number of hydrogen-bond acceptors (Lipinski definition) is 5. The van der Waals surface area contributed by atoms with E-state index in [4.69, 9.17) is 21.7 Å². The van der Waals surface area contributed by atoms with Gasteiger partial charge in [-0.1, -0.05) is 78.9 Å². The smallest absolute Gasteiger partial charge is 0.408 e. The Morgan fingerprint density at radius 3 is 2.16 bits per heavy atom. The first-order chi connectivity index (χ1) is 18.6. The van der Waals surface area contributed by atoms with E-state index in [1.165, 1.54) is 0 Å². The summed E-state index contributed by atoms with van der Waals surface area (Å²) in [6.07, 6.45) is -0.706. The zero-order chi connectivity index (χ0) is 26.1. The third-order valence-electron chi connectivity index (χ3n) is 6.68. The lowest BCUT2D eigenvalue weighted by molar-refractivity contribution is -0.136. The van der Waals surface area contributed by atoms with Gasteiger partial charge in [-0.3, -0.25) is 0 Å². The van der Waals surface area contributed by atoms with Crippen molar-refractivity contribution in [1.29, 1.82) is 0 Å². The molecular weight excluding hydrogens is 498 g/mol. The van der Waals surface area contributed by atoms with Crippen LogP contribution in [0.5, 0.6) is 5.75 Å². The number of amides is 1. The van der Waals surface area contributed by atoms with Crippen LogP contribution in [0.2, 0.25) is 0 Å². The Bertz CT molecular complexity index is 1660. The Kier molecular flexibility index (Phi) is 6.23. The van der Waals surface area contributed by atoms with Crippen LogP contribution in [0, 0.1) is 4.77 Å². The van der Waals surface area contributed by atoms with Crippen molar-refractivity contribution in [3.63, 3.8) is 0 Å². The highest BCUT2D eigenvalue weighted by molar-refractivity contribution is 7.71. The number of imidazole rings is 1. The largest absolute Gasteiger partial charge is 0.449 e. The molecule has 0 spiro atoms. The highest BCUT2D eigenvalue weighted by Crippen LogP contribution is 2.44. The fourth-order valence-electron chi connectivity index (χ4n) is 4.93. The number of alkyl carbamates (subject to hydrolysis) is 1. The van der Waals surface area contributed by atoms with Crippen LogP contribution in [0.1, 0.15) is 28.7 Å². The van der Waals surface area contributed by atoms with Crippen molar-refractivity contribution in [2.45, 2.75) is 12.0 Å². The number of fused-ring (bicyclic) bond motifs is 4. The molecule has 38 heavy (non-hydrogen) atoms. The van der Waals surface area contributed by atoms with E-state index in [2.05, 4.69) is 39.6 Å². The number of hydrogen-bond donors (Lipinski definition) is 3. The number of ether oxygens (including phenoxy) is 2. The van der Waals surface area contributed by atoms with Crippen LogP contribution in [0.3, 0.4) is 0 Å². The maximum atomic E-state index is 13.2. The van der Waals surface area contributed by atoms with Crippen LogP contribution in [-0.2, 0) is 9.53 Å². The summed E-state index contributed by atoms with van der Waals surface area (Å²) >= 11 is 5.12. The van der Waals surface area contributed by atoms with Gasteiger partial charge in [0.15, 0.2) is 10.8 Å². The summed E-state index contributed by atoms with van der Waals surface area (Å²) in [5.41, 5.74) is 6.59. The van der Waals surface area contributed by atoms with Crippen LogP contribution in [0.15, 0.2) is 97.1 Å². The average Bonchev–Trinajstić information content (AvgIpc) is 3.47. The van der Waals surface area contributed by atoms with Gasteiger partial charge >= 0.3 is 12.1 Å². The molecule has 188 valence electrons. The highest BCUT2D eigenvalue weighted by Gasteiger charge is 2.30. The molecule has 0 radical (unpaired) electrons. The van der Waals surface area contributed by atoms with Gasteiger partial charge in [-0.15, -0.1) is 0 Å². The van der Waals surface area contributed by atoms with Crippen LogP contribution >= 0.6 is 12.2 Å². The third kappa shape index (κ3) is 4.57. The Hall–Kier alpha value is -4.69. The van der Waals surface area contributed by atoms with Gasteiger partial charge in [0.1, 0.15) is 12.4 Å². The van der Waals surface area contributed by atoms with Gasteiger partial charge in [0.05, 0.1) is 11.0 Å². The number of aromatic amines is 2. The quantitative estimate of drug-likeness (QED) is 0.136. The number of esters is 1. The lowest BCUT2D eigenvalue weighted by Gasteiger charge is -2.19. The fraction of sp³-hybridized carbons (Fsp3) is 0.100. The van der Waals surface area contributed by atoms with E-state index >= 15 is 0 Å². The van der Waals surface area contributed by atoms with Crippen molar-refractivity contribution in [1.82, 2.24) is 15.3 Å². The van der Waals surface area contributed by atoms with E-state index in [1.54, 1.807) is 42.5 Å². The molecule has 0 fully saturated rings. The molecule has 5 aromatic rings. The van der Waals surface area contributed by atoms with Gasteiger partial charge in [0, 0.05) is 12.0 Å². The Labute approximate surface area is 223 Å². The van der Waals surface area contributed by atoms with E-state index in [0.29, 0.717) is 21.6 Å². The maximum absolute atomic E-state index is 13.2. The molecule has 0 aliphatic heterocycles. The minimum atomic E-state index is -1.06. The number of carbonyl (C=O) groups excluding carboxylic acids is 2. The summed E-state index contributed by atoms with van der Waals surface area (Å²) in [7, 11) is 0. The number of nitrogens with one attached hydrogen (secondary N) is 3. The first-order valence-electron chi connectivity index (χ1n) is 12.2. The number of carbonyl (C=O) groups is 2. The monoisotopic (exact) mass is 521 g/mol. The van der Waals surface area contributed by atoms with Crippen LogP contribution < -0.4 is 10.1 Å². The van der Waals surface area contributed by atoms with Crippen molar-refractivity contribution < 1.29 is 19.1 Å². The van der Waals surface area contributed by atoms with Gasteiger partial charge in [-0.2, -0.15) is 0 Å². The van der Waals surface area contributed by atoms with Gasteiger partial charge in [0.25, 0.3) is 0 Å². The summed E-state index contributed by atoms with van der Waals surface area (Å²) in [5, 5.41) is 2.70. The fourth-order valence-corrected chi connectivity index (χ4v) is 5.15. The van der Waals surface area contributed by atoms with Crippen molar-refractivity contribution in [2.24, 2.45) is 0 Å². The molecule has 1 amide bonds. The lowest BCUT2D eigenvalue weighted by Crippen LogP contribution is -2.37. The molecule has 1 heterocycles. The molecule has 7 nitrogen and oxygen atoms in total. The molecule has 1 aromatic heterocycles. The molecular formula is C30H23N3O4S. The van der Waals surface area contributed by atoms with E-state index in [-0.39, 0.29) is 12.5 Å². The van der Waals surface area contributed by atoms with E-state index in [0.717, 1.165) is 27.8 Å². The van der Waals surface area contributed by atoms with E-state index in [9.17, 15) is 9.59 Å². The minimum Gasteiger partial charge on any atom is -0.449 e. The first kappa shape index (κ1) is 23.7. The summed E-state index contributed by atoms with van der Waals surface area (Å²) in [5.74, 6) is -0.407. The molecule has 4 aromatic carbocycles. The molecule has 0 saturated carbocycles. The van der Waals surface area contributed by atoms with Gasteiger partial charge in [-0.05, 0) is 52.2 Å². The molecule has 0 saturated heterocycles. The molecule has 1 aliphatic carbocycles. The third-order valence-corrected chi connectivity index (χ3v) is 6.88. The summed E-state index contributed by atoms with van der Waals surface area (Å²) in [6.45, 7) is 0.139. The molecule has 1 atom stereocenters. The summed E-state index contributed by atoms with van der Waals surface area (Å²) in [4.78, 5) is 32.2.